The average Bonchev–Trinajstić information content (AvgIpc) is 3.60. The molecule has 3 aromatic heterocycles. The van der Waals surface area contributed by atoms with Gasteiger partial charge in [0.2, 0.25) is 0 Å². The molecule has 3 heteroatoms. The number of para-hydroxylation sites is 3. The average molecular weight is 562 g/mol. The van der Waals surface area contributed by atoms with E-state index in [1.165, 1.54) is 49.2 Å². The third-order valence-corrected chi connectivity index (χ3v) is 8.75. The van der Waals surface area contributed by atoms with E-state index in [-0.39, 0.29) is 0 Å². The minimum Gasteiger partial charge on any atom is -0.309 e. The summed E-state index contributed by atoms with van der Waals surface area (Å²) in [6.45, 7) is 0. The Balaban J connectivity index is 1.27. The van der Waals surface area contributed by atoms with Gasteiger partial charge < -0.3 is 9.13 Å². The lowest BCUT2D eigenvalue weighted by molar-refractivity contribution is 1.16. The molecule has 0 saturated heterocycles. The summed E-state index contributed by atoms with van der Waals surface area (Å²) in [6, 6.07) is 56.3. The fourth-order valence-corrected chi connectivity index (χ4v) is 6.73. The molecule has 0 spiro atoms. The number of hydrogen-bond donors (Lipinski definition) is 0. The van der Waals surface area contributed by atoms with Crippen molar-refractivity contribution in [2.24, 2.45) is 0 Å². The molecule has 6 aromatic carbocycles. The molecule has 0 bridgehead atoms. The number of aromatic nitrogens is 3. The molecular formula is C41H27N3. The van der Waals surface area contributed by atoms with Gasteiger partial charge in [0.05, 0.1) is 27.8 Å². The van der Waals surface area contributed by atoms with Crippen LogP contribution in [0.1, 0.15) is 0 Å². The molecule has 0 aliphatic heterocycles. The lowest BCUT2D eigenvalue weighted by Crippen LogP contribution is -1.96. The van der Waals surface area contributed by atoms with E-state index in [0.717, 1.165) is 28.2 Å². The molecule has 3 heterocycles. The van der Waals surface area contributed by atoms with Crippen molar-refractivity contribution in [2.45, 2.75) is 0 Å². The van der Waals surface area contributed by atoms with Gasteiger partial charge in [0.15, 0.2) is 0 Å². The third-order valence-electron chi connectivity index (χ3n) is 8.75. The van der Waals surface area contributed by atoms with Crippen molar-refractivity contribution < 1.29 is 0 Å². The highest BCUT2D eigenvalue weighted by molar-refractivity contribution is 6.19. The van der Waals surface area contributed by atoms with Gasteiger partial charge in [-0.3, -0.25) is 4.98 Å². The van der Waals surface area contributed by atoms with E-state index in [9.17, 15) is 0 Å². The van der Waals surface area contributed by atoms with Crippen LogP contribution in [0.15, 0.2) is 164 Å². The Morgan fingerprint density at radius 2 is 0.909 bits per heavy atom. The van der Waals surface area contributed by atoms with Gasteiger partial charge in [-0.05, 0) is 60.2 Å². The van der Waals surface area contributed by atoms with Crippen molar-refractivity contribution in [3.63, 3.8) is 0 Å². The van der Waals surface area contributed by atoms with Crippen LogP contribution in [0.5, 0.6) is 0 Å². The van der Waals surface area contributed by atoms with Crippen molar-refractivity contribution in [1.82, 2.24) is 14.1 Å². The maximum absolute atomic E-state index is 4.87. The molecule has 44 heavy (non-hydrogen) atoms. The maximum atomic E-state index is 4.87. The van der Waals surface area contributed by atoms with Crippen molar-refractivity contribution >= 4 is 43.6 Å². The smallest absolute Gasteiger partial charge is 0.0703 e. The Morgan fingerprint density at radius 3 is 1.57 bits per heavy atom. The molecule has 0 atom stereocenters. The van der Waals surface area contributed by atoms with Gasteiger partial charge in [-0.25, -0.2) is 0 Å². The molecule has 0 aliphatic rings. The molecule has 0 aliphatic carbocycles. The summed E-state index contributed by atoms with van der Waals surface area (Å²) in [5.41, 5.74) is 11.4. The first-order chi connectivity index (χ1) is 21.8. The Labute approximate surface area is 254 Å². The quantitative estimate of drug-likeness (QED) is 0.210. The fraction of sp³-hybridized carbons (Fsp3) is 0. The van der Waals surface area contributed by atoms with Crippen LogP contribution in [0.25, 0.3) is 77.4 Å². The summed E-state index contributed by atoms with van der Waals surface area (Å²) in [5.74, 6) is 0. The molecule has 0 saturated carbocycles. The van der Waals surface area contributed by atoms with Gasteiger partial charge in [-0.15, -0.1) is 0 Å². The highest BCUT2D eigenvalue weighted by Gasteiger charge is 2.18. The molecular weight excluding hydrogens is 534 g/mol. The SMILES string of the molecule is c1ccc(-c2ccc(-c3cccc(-n4c5ccccc5c5cc6c7ccccc7n(-c7ccccc7)c6cc54)c3)nc2)cc1. The van der Waals surface area contributed by atoms with E-state index < -0.39 is 0 Å². The standard InChI is InChI=1S/C41H27N3/c1-3-12-28(13-4-1)30-22-23-37(42-27-30)29-14-11-17-32(24-29)44-39-21-10-8-19-34(39)36-25-35-33-18-7-9-20-38(33)43(40(35)26-41(36)44)31-15-5-2-6-16-31/h1-27H. The van der Waals surface area contributed by atoms with Crippen LogP contribution in [-0.4, -0.2) is 14.1 Å². The van der Waals surface area contributed by atoms with Crippen LogP contribution in [0.4, 0.5) is 0 Å². The molecule has 0 unspecified atom stereocenters. The number of hydrogen-bond acceptors (Lipinski definition) is 1. The number of fused-ring (bicyclic) bond motifs is 6. The van der Waals surface area contributed by atoms with Crippen LogP contribution < -0.4 is 0 Å². The molecule has 206 valence electrons. The second-order valence-corrected chi connectivity index (χ2v) is 11.3. The zero-order valence-corrected chi connectivity index (χ0v) is 23.9. The molecule has 0 radical (unpaired) electrons. The van der Waals surface area contributed by atoms with E-state index in [4.69, 9.17) is 4.98 Å². The van der Waals surface area contributed by atoms with Crippen LogP contribution >= 0.6 is 0 Å². The predicted octanol–water partition coefficient (Wildman–Crippen LogP) is 10.6. The molecule has 0 N–H and O–H groups in total. The summed E-state index contributed by atoms with van der Waals surface area (Å²) in [6.07, 6.45) is 1.97. The van der Waals surface area contributed by atoms with Gasteiger partial charge in [-0.1, -0.05) is 103 Å². The number of rotatable bonds is 4. The number of nitrogens with zero attached hydrogens (tertiary/aromatic N) is 3. The lowest BCUT2D eigenvalue weighted by Gasteiger charge is -2.11. The van der Waals surface area contributed by atoms with Gasteiger partial charge in [0.25, 0.3) is 0 Å². The van der Waals surface area contributed by atoms with Crippen molar-refractivity contribution in [2.75, 3.05) is 0 Å². The van der Waals surface area contributed by atoms with Gasteiger partial charge in [0, 0.05) is 50.2 Å². The van der Waals surface area contributed by atoms with Crippen molar-refractivity contribution in [1.29, 1.82) is 0 Å². The first-order valence-corrected chi connectivity index (χ1v) is 15.0. The van der Waals surface area contributed by atoms with Crippen LogP contribution in [0.3, 0.4) is 0 Å². The molecule has 9 rings (SSSR count). The topological polar surface area (TPSA) is 22.8 Å². The second kappa shape index (κ2) is 9.82. The van der Waals surface area contributed by atoms with Crippen molar-refractivity contribution in [3.05, 3.63) is 164 Å². The summed E-state index contributed by atoms with van der Waals surface area (Å²) in [7, 11) is 0. The lowest BCUT2D eigenvalue weighted by atomic mass is 10.1. The fourth-order valence-electron chi connectivity index (χ4n) is 6.73. The van der Waals surface area contributed by atoms with Gasteiger partial charge >= 0.3 is 0 Å². The summed E-state index contributed by atoms with van der Waals surface area (Å²) in [4.78, 5) is 4.87. The molecule has 0 fully saturated rings. The molecule has 9 aromatic rings. The number of benzene rings is 6. The van der Waals surface area contributed by atoms with Crippen LogP contribution in [0.2, 0.25) is 0 Å². The Bertz CT molecular complexity index is 2470. The molecule has 0 amide bonds. The highest BCUT2D eigenvalue weighted by Crippen LogP contribution is 2.39. The first-order valence-electron chi connectivity index (χ1n) is 15.0. The van der Waals surface area contributed by atoms with Gasteiger partial charge in [0.1, 0.15) is 0 Å². The third kappa shape index (κ3) is 3.80. The first kappa shape index (κ1) is 24.6. The van der Waals surface area contributed by atoms with Crippen molar-refractivity contribution in [3.8, 4) is 33.8 Å². The van der Waals surface area contributed by atoms with E-state index in [2.05, 4.69) is 161 Å². The Hall–Kier alpha value is -5.93. The van der Waals surface area contributed by atoms with Gasteiger partial charge in [-0.2, -0.15) is 0 Å². The highest BCUT2D eigenvalue weighted by atomic mass is 15.0. The van der Waals surface area contributed by atoms with E-state index in [1.807, 2.05) is 12.3 Å². The monoisotopic (exact) mass is 561 g/mol. The number of pyridine rings is 1. The second-order valence-electron chi connectivity index (χ2n) is 11.3. The normalized spacial score (nSPS) is 11.6. The summed E-state index contributed by atoms with van der Waals surface area (Å²) >= 11 is 0. The zero-order valence-electron chi connectivity index (χ0n) is 23.9. The predicted molar refractivity (Wildman–Crippen MR) is 184 cm³/mol. The minimum atomic E-state index is 0.957. The Kier molecular flexibility index (Phi) is 5.50. The van der Waals surface area contributed by atoms with E-state index >= 15 is 0 Å². The minimum absolute atomic E-state index is 0.957. The van der Waals surface area contributed by atoms with Crippen LogP contribution in [0, 0.1) is 0 Å². The van der Waals surface area contributed by atoms with Crippen LogP contribution in [-0.2, 0) is 0 Å². The zero-order chi connectivity index (χ0) is 29.0. The van der Waals surface area contributed by atoms with E-state index in [1.54, 1.807) is 0 Å². The largest absolute Gasteiger partial charge is 0.309 e. The summed E-state index contributed by atoms with van der Waals surface area (Å²) in [5, 5.41) is 5.02. The Morgan fingerprint density at radius 1 is 0.341 bits per heavy atom. The summed E-state index contributed by atoms with van der Waals surface area (Å²) < 4.78 is 4.79. The molecule has 3 nitrogen and oxygen atoms in total. The van der Waals surface area contributed by atoms with E-state index in [0.29, 0.717) is 0 Å². The maximum Gasteiger partial charge on any atom is 0.0703 e.